The first-order valence-electron chi connectivity index (χ1n) is 11.7. The van der Waals surface area contributed by atoms with Gasteiger partial charge < -0.3 is 20.5 Å². The van der Waals surface area contributed by atoms with E-state index in [1.54, 1.807) is 12.4 Å². The Morgan fingerprint density at radius 2 is 1.77 bits per heavy atom. The van der Waals surface area contributed by atoms with Gasteiger partial charge >= 0.3 is 0 Å². The van der Waals surface area contributed by atoms with Crippen LogP contribution < -0.4 is 20.5 Å². The van der Waals surface area contributed by atoms with Crippen molar-refractivity contribution in [3.8, 4) is 0 Å². The number of aromatic amines is 2. The molecule has 1 saturated carbocycles. The number of fused-ring (bicyclic) bond motifs is 3. The maximum Gasteiger partial charge on any atom is 0.234 e. The van der Waals surface area contributed by atoms with Crippen LogP contribution in [0.15, 0.2) is 48.8 Å². The van der Waals surface area contributed by atoms with Gasteiger partial charge in [-0.2, -0.15) is 0 Å². The van der Waals surface area contributed by atoms with E-state index in [4.69, 9.17) is 12.2 Å². The van der Waals surface area contributed by atoms with E-state index in [2.05, 4.69) is 35.4 Å². The molecule has 0 bridgehead atoms. The lowest BCUT2D eigenvalue weighted by Crippen LogP contribution is -2.51. The zero-order chi connectivity index (χ0) is 23.9. The molecule has 3 heterocycles. The van der Waals surface area contributed by atoms with Gasteiger partial charge in [-0.25, -0.2) is 9.37 Å². The summed E-state index contributed by atoms with van der Waals surface area (Å²) in [6, 6.07) is 12.4. The maximum atomic E-state index is 13.7. The molecule has 1 aliphatic carbocycles. The van der Waals surface area contributed by atoms with E-state index in [0.29, 0.717) is 5.11 Å². The number of hydrogen-bond acceptors (Lipinski definition) is 4. The predicted octanol–water partition coefficient (Wildman–Crippen LogP) is 3.54. The molecule has 8 nitrogen and oxygen atoms in total. The zero-order valence-electron chi connectivity index (χ0n) is 19.0. The average molecular weight is 491 g/mol. The first kappa shape index (κ1) is 21.7. The second-order valence-corrected chi connectivity index (χ2v) is 9.42. The van der Waals surface area contributed by atoms with Gasteiger partial charge in [0.1, 0.15) is 11.2 Å². The van der Waals surface area contributed by atoms with Gasteiger partial charge in [0.25, 0.3) is 0 Å². The summed E-state index contributed by atoms with van der Waals surface area (Å²) < 4.78 is 13.7. The molecule has 2 aliphatic rings. The van der Waals surface area contributed by atoms with Crippen molar-refractivity contribution >= 4 is 62.4 Å². The summed E-state index contributed by atoms with van der Waals surface area (Å²) in [4.78, 5) is 27.3. The Hall–Kier alpha value is -3.79. The van der Waals surface area contributed by atoms with Crippen LogP contribution in [0.5, 0.6) is 0 Å². The number of thiocarbonyl (C=S) groups is 1. The molecule has 178 valence electrons. The van der Waals surface area contributed by atoms with Gasteiger partial charge in [-0.15, -0.1) is 0 Å². The molecule has 1 aliphatic heterocycles. The van der Waals surface area contributed by atoms with Crippen LogP contribution in [-0.4, -0.2) is 52.1 Å². The predicted molar refractivity (Wildman–Crippen MR) is 138 cm³/mol. The molecule has 4 aromatic rings. The highest BCUT2D eigenvalue weighted by Gasteiger charge is 2.30. The van der Waals surface area contributed by atoms with Crippen LogP contribution in [0.1, 0.15) is 12.8 Å². The molecule has 2 aromatic heterocycles. The third kappa shape index (κ3) is 4.37. The Bertz CT molecular complexity index is 1430. The summed E-state index contributed by atoms with van der Waals surface area (Å²) in [5.74, 6) is 0.971. The van der Waals surface area contributed by atoms with E-state index >= 15 is 0 Å². The number of nitrogens with one attached hydrogen (secondary N) is 4. The number of rotatable bonds is 4. The summed E-state index contributed by atoms with van der Waals surface area (Å²) in [6.45, 7) is 3.07. The number of carbonyl (C=O) groups is 1. The molecule has 35 heavy (non-hydrogen) atoms. The summed E-state index contributed by atoms with van der Waals surface area (Å²) in [6.07, 6.45) is 3.64. The van der Waals surface area contributed by atoms with Crippen molar-refractivity contribution in [3.63, 3.8) is 0 Å². The number of halogens is 1. The van der Waals surface area contributed by atoms with Gasteiger partial charge in [0.2, 0.25) is 23.7 Å². The van der Waals surface area contributed by atoms with Crippen LogP contribution in [0.25, 0.3) is 21.9 Å². The lowest BCUT2D eigenvalue weighted by molar-refractivity contribution is -0.367. The van der Waals surface area contributed by atoms with Crippen LogP contribution in [-0.2, 0) is 4.79 Å². The van der Waals surface area contributed by atoms with Gasteiger partial charge in [0.05, 0.1) is 31.7 Å². The SMILES string of the molecule is O=C(Nc1ccc(NC(=S)N2CCN(c3[nH+]cnc4[nH]c5cc(F)ccc5c34)CC2)cc1)C1CC1. The molecular weight excluding hydrogens is 465 g/mol. The van der Waals surface area contributed by atoms with Crippen molar-refractivity contribution in [1.29, 1.82) is 0 Å². The fourth-order valence-corrected chi connectivity index (χ4v) is 4.83. The highest BCUT2D eigenvalue weighted by Crippen LogP contribution is 2.31. The minimum Gasteiger partial charge on any atom is -0.343 e. The number of hydrogen-bond donors (Lipinski definition) is 3. The summed E-state index contributed by atoms with van der Waals surface area (Å²) >= 11 is 5.66. The second-order valence-electron chi connectivity index (χ2n) is 9.03. The number of nitrogens with zero attached hydrogens (tertiary/aromatic N) is 3. The molecular formula is C25H25FN7OS+. The normalized spacial score (nSPS) is 16.0. The lowest BCUT2D eigenvalue weighted by atomic mass is 10.2. The number of H-pyrrole nitrogens is 2. The highest BCUT2D eigenvalue weighted by atomic mass is 32.1. The van der Waals surface area contributed by atoms with Gasteiger partial charge in [0.15, 0.2) is 5.11 Å². The molecule has 10 heteroatoms. The van der Waals surface area contributed by atoms with Crippen LogP contribution in [0.2, 0.25) is 0 Å². The number of amides is 1. The van der Waals surface area contributed by atoms with Gasteiger partial charge in [-0.3, -0.25) is 9.69 Å². The Labute approximate surface area is 206 Å². The maximum absolute atomic E-state index is 13.7. The van der Waals surface area contributed by atoms with E-state index < -0.39 is 0 Å². The second kappa shape index (κ2) is 8.77. The van der Waals surface area contributed by atoms with Crippen molar-refractivity contribution in [3.05, 3.63) is 54.6 Å². The van der Waals surface area contributed by atoms with E-state index in [9.17, 15) is 9.18 Å². The molecule has 6 rings (SSSR count). The smallest absolute Gasteiger partial charge is 0.234 e. The number of piperazine rings is 1. The van der Waals surface area contributed by atoms with Crippen molar-refractivity contribution in [2.45, 2.75) is 12.8 Å². The molecule has 0 radical (unpaired) electrons. The Morgan fingerprint density at radius 1 is 1.06 bits per heavy atom. The first-order valence-corrected chi connectivity index (χ1v) is 12.2. The molecule has 1 amide bonds. The Morgan fingerprint density at radius 3 is 2.49 bits per heavy atom. The monoisotopic (exact) mass is 490 g/mol. The van der Waals surface area contributed by atoms with E-state index in [1.165, 1.54) is 12.1 Å². The van der Waals surface area contributed by atoms with Crippen molar-refractivity contribution in [2.24, 2.45) is 5.92 Å². The van der Waals surface area contributed by atoms with Crippen LogP contribution >= 0.6 is 12.2 Å². The molecule has 0 atom stereocenters. The molecule has 2 aromatic carbocycles. The average Bonchev–Trinajstić information content (AvgIpc) is 3.66. The topological polar surface area (TPSA) is 90.4 Å². The number of aromatic nitrogens is 3. The third-order valence-electron chi connectivity index (χ3n) is 6.61. The summed E-state index contributed by atoms with van der Waals surface area (Å²) in [5, 5.41) is 8.83. The molecule has 0 unspecified atom stereocenters. The van der Waals surface area contributed by atoms with Gasteiger partial charge in [-0.1, -0.05) is 4.98 Å². The number of anilines is 3. The minimum absolute atomic E-state index is 0.0996. The molecule has 0 spiro atoms. The van der Waals surface area contributed by atoms with Crippen molar-refractivity contribution in [1.82, 2.24) is 14.9 Å². The van der Waals surface area contributed by atoms with Crippen LogP contribution in [0.4, 0.5) is 21.6 Å². The quantitative estimate of drug-likeness (QED) is 0.379. The van der Waals surface area contributed by atoms with E-state index in [0.717, 1.165) is 78.1 Å². The lowest BCUT2D eigenvalue weighted by Gasteiger charge is -2.34. The largest absolute Gasteiger partial charge is 0.343 e. The summed E-state index contributed by atoms with van der Waals surface area (Å²) in [7, 11) is 0. The first-order chi connectivity index (χ1) is 17.0. The summed E-state index contributed by atoms with van der Waals surface area (Å²) in [5.41, 5.74) is 3.15. The minimum atomic E-state index is -0.276. The van der Waals surface area contributed by atoms with Crippen molar-refractivity contribution in [2.75, 3.05) is 41.7 Å². The molecule has 1 saturated heterocycles. The number of benzene rings is 2. The van der Waals surface area contributed by atoms with Gasteiger partial charge in [0, 0.05) is 22.7 Å². The highest BCUT2D eigenvalue weighted by molar-refractivity contribution is 7.80. The Kier molecular flexibility index (Phi) is 5.44. The fraction of sp³-hybridized carbons (Fsp3) is 0.280. The van der Waals surface area contributed by atoms with E-state index in [1.807, 2.05) is 24.3 Å². The molecule has 4 N–H and O–H groups in total. The zero-order valence-corrected chi connectivity index (χ0v) is 19.8. The standard InChI is InChI=1S/C25H24FN7OS/c26-16-3-8-19-20(13-16)31-22-21(19)23(28-14-27-22)32-9-11-33(12-10-32)25(35)30-18-6-4-17(5-7-18)29-24(34)15-1-2-15/h3-8,13-15H,1-2,9-12H2,(H,29,34)(H,30,35)(H,27,28,31)/p+1. The fourth-order valence-electron chi connectivity index (χ4n) is 4.53. The number of carbonyl (C=O) groups excluding carboxylic acids is 1. The third-order valence-corrected chi connectivity index (χ3v) is 6.97. The molecule has 2 fully saturated rings. The van der Waals surface area contributed by atoms with Gasteiger partial charge in [-0.05, 0) is 67.5 Å². The van der Waals surface area contributed by atoms with Crippen LogP contribution in [0.3, 0.4) is 0 Å². The van der Waals surface area contributed by atoms with Crippen molar-refractivity contribution < 1.29 is 14.2 Å². The van der Waals surface area contributed by atoms with E-state index in [-0.39, 0.29) is 17.6 Å². The Balaban J connectivity index is 1.10. The van der Waals surface area contributed by atoms with Crippen LogP contribution in [0, 0.1) is 11.7 Å².